The summed E-state index contributed by atoms with van der Waals surface area (Å²) in [5.74, 6) is 0. The van der Waals surface area contributed by atoms with Gasteiger partial charge in [-0.25, -0.2) is 15.0 Å². The molecule has 3 aromatic rings. The summed E-state index contributed by atoms with van der Waals surface area (Å²) < 4.78 is 0. The van der Waals surface area contributed by atoms with Crippen LogP contribution >= 0.6 is 11.6 Å². The number of halogens is 1. The van der Waals surface area contributed by atoms with Crippen molar-refractivity contribution >= 4 is 28.2 Å². The van der Waals surface area contributed by atoms with Crippen LogP contribution in [0, 0.1) is 10.1 Å². The van der Waals surface area contributed by atoms with Crippen LogP contribution in [0.5, 0.6) is 0 Å². The average molecular weight is 287 g/mol. The number of hydrogen-bond acceptors (Lipinski definition) is 5. The first-order chi connectivity index (χ1) is 9.66. The molecule has 0 aliphatic rings. The summed E-state index contributed by atoms with van der Waals surface area (Å²) in [6, 6.07) is 11.0. The Labute approximate surface area is 118 Å². The van der Waals surface area contributed by atoms with E-state index >= 15 is 0 Å². The zero-order valence-corrected chi connectivity index (χ0v) is 10.8. The van der Waals surface area contributed by atoms with Gasteiger partial charge in [-0.05, 0) is 12.1 Å². The largest absolute Gasteiger partial charge is 0.334 e. The molecule has 98 valence electrons. The Bertz CT molecular complexity index is 822. The highest BCUT2D eigenvalue weighted by atomic mass is 35.5. The van der Waals surface area contributed by atoms with Crippen LogP contribution in [0.3, 0.4) is 0 Å². The number of pyridine rings is 1. The first-order valence-electron chi connectivity index (χ1n) is 5.68. The van der Waals surface area contributed by atoms with Crippen molar-refractivity contribution < 1.29 is 4.92 Å². The van der Waals surface area contributed by atoms with Gasteiger partial charge < -0.3 is 0 Å². The fraction of sp³-hybridized carbons (Fsp3) is 0. The van der Waals surface area contributed by atoms with E-state index in [0.29, 0.717) is 5.69 Å². The van der Waals surface area contributed by atoms with E-state index in [2.05, 4.69) is 15.0 Å². The second kappa shape index (κ2) is 4.82. The Morgan fingerprint density at radius 3 is 2.70 bits per heavy atom. The predicted octanol–water partition coefficient (Wildman–Crippen LogP) is 3.25. The molecule has 0 atom stereocenters. The zero-order chi connectivity index (χ0) is 14.1. The minimum absolute atomic E-state index is 0.112. The third-order valence-electron chi connectivity index (χ3n) is 2.80. The van der Waals surface area contributed by atoms with Crippen molar-refractivity contribution in [3.8, 4) is 11.4 Å². The van der Waals surface area contributed by atoms with Crippen molar-refractivity contribution in [2.45, 2.75) is 0 Å². The average Bonchev–Trinajstić information content (AvgIpc) is 2.46. The maximum Gasteiger partial charge on any atom is 0.334 e. The molecule has 3 rings (SSSR count). The number of benzene rings is 1. The van der Waals surface area contributed by atoms with Crippen molar-refractivity contribution in [2.75, 3.05) is 0 Å². The summed E-state index contributed by atoms with van der Waals surface area (Å²) in [5, 5.41) is 11.8. The molecular weight excluding hydrogens is 280 g/mol. The highest BCUT2D eigenvalue weighted by Gasteiger charge is 2.23. The van der Waals surface area contributed by atoms with E-state index in [1.165, 1.54) is 6.33 Å². The van der Waals surface area contributed by atoms with Gasteiger partial charge in [-0.3, -0.25) is 10.1 Å². The molecule has 0 N–H and O–H groups in total. The van der Waals surface area contributed by atoms with Gasteiger partial charge in [0.05, 0.1) is 16.1 Å². The topological polar surface area (TPSA) is 81.8 Å². The molecule has 0 radical (unpaired) electrons. The normalized spacial score (nSPS) is 10.7. The fourth-order valence-electron chi connectivity index (χ4n) is 1.90. The Kier molecular flexibility index (Phi) is 3.00. The van der Waals surface area contributed by atoms with E-state index in [9.17, 15) is 10.1 Å². The number of nitrogens with zero attached hydrogens (tertiary/aromatic N) is 4. The minimum atomic E-state index is -0.603. The van der Waals surface area contributed by atoms with Crippen LogP contribution in [0.25, 0.3) is 22.3 Å². The van der Waals surface area contributed by atoms with Crippen LogP contribution in [-0.2, 0) is 0 Å². The highest BCUT2D eigenvalue weighted by molar-refractivity contribution is 6.31. The first kappa shape index (κ1) is 12.4. The van der Waals surface area contributed by atoms with E-state index in [1.807, 2.05) is 30.3 Å². The Morgan fingerprint density at radius 1 is 1.10 bits per heavy atom. The van der Waals surface area contributed by atoms with E-state index in [4.69, 9.17) is 11.6 Å². The van der Waals surface area contributed by atoms with Crippen molar-refractivity contribution in [1.82, 2.24) is 15.0 Å². The highest BCUT2D eigenvalue weighted by Crippen LogP contribution is 2.31. The maximum absolute atomic E-state index is 11.1. The Balaban J connectivity index is 2.25. The summed E-state index contributed by atoms with van der Waals surface area (Å²) in [4.78, 5) is 22.4. The lowest BCUT2D eigenvalue weighted by Gasteiger charge is -2.03. The van der Waals surface area contributed by atoms with E-state index in [1.54, 1.807) is 6.07 Å². The number of nitro groups is 1. The summed E-state index contributed by atoms with van der Waals surface area (Å²) in [6.45, 7) is 0. The van der Waals surface area contributed by atoms with Crippen molar-refractivity contribution in [3.05, 3.63) is 58.0 Å². The van der Waals surface area contributed by atoms with E-state index in [0.717, 1.165) is 10.9 Å². The fourth-order valence-corrected chi connectivity index (χ4v) is 2.11. The summed E-state index contributed by atoms with van der Waals surface area (Å²) >= 11 is 5.77. The molecule has 0 saturated heterocycles. The molecule has 0 fully saturated rings. The van der Waals surface area contributed by atoms with Gasteiger partial charge in [-0.2, -0.15) is 0 Å². The molecular formula is C13H7ClN4O2. The van der Waals surface area contributed by atoms with Crippen molar-refractivity contribution in [1.29, 1.82) is 0 Å². The monoisotopic (exact) mass is 286 g/mol. The number of hydrogen-bond donors (Lipinski definition) is 0. The van der Waals surface area contributed by atoms with Crippen LogP contribution in [0.1, 0.15) is 0 Å². The Morgan fingerprint density at radius 2 is 1.90 bits per heavy atom. The molecule has 6 nitrogen and oxygen atoms in total. The van der Waals surface area contributed by atoms with Gasteiger partial charge in [0.25, 0.3) is 0 Å². The van der Waals surface area contributed by atoms with E-state index < -0.39 is 4.92 Å². The number of rotatable bonds is 2. The smallest absolute Gasteiger partial charge is 0.258 e. The predicted molar refractivity (Wildman–Crippen MR) is 74.4 cm³/mol. The lowest BCUT2D eigenvalue weighted by atomic mass is 10.1. The van der Waals surface area contributed by atoms with Gasteiger partial charge in [0.15, 0.2) is 5.69 Å². The van der Waals surface area contributed by atoms with Crippen molar-refractivity contribution in [2.24, 2.45) is 0 Å². The van der Waals surface area contributed by atoms with Crippen LogP contribution in [0.15, 0.2) is 42.7 Å². The zero-order valence-electron chi connectivity index (χ0n) is 10.0. The molecule has 1 aromatic carbocycles. The molecule has 7 heteroatoms. The van der Waals surface area contributed by atoms with Gasteiger partial charge in [0, 0.05) is 5.39 Å². The Hall–Kier alpha value is -2.60. The molecule has 0 aliphatic heterocycles. The standard InChI is InChI=1S/C13H7ClN4O2/c14-13-12(18(19)20)11(15-7-16-13)10-6-5-8-3-1-2-4-9(8)17-10/h1-7H. The summed E-state index contributed by atoms with van der Waals surface area (Å²) in [7, 11) is 0. The molecule has 2 heterocycles. The van der Waals surface area contributed by atoms with Crippen LogP contribution in [-0.4, -0.2) is 19.9 Å². The first-order valence-corrected chi connectivity index (χ1v) is 6.05. The van der Waals surface area contributed by atoms with E-state index in [-0.39, 0.29) is 16.5 Å². The van der Waals surface area contributed by atoms with Crippen LogP contribution < -0.4 is 0 Å². The second-order valence-electron chi connectivity index (χ2n) is 4.01. The third-order valence-corrected chi connectivity index (χ3v) is 3.08. The lowest BCUT2D eigenvalue weighted by Crippen LogP contribution is -1.99. The van der Waals surface area contributed by atoms with Gasteiger partial charge in [0.2, 0.25) is 5.15 Å². The molecule has 0 spiro atoms. The number of aromatic nitrogens is 3. The molecule has 0 bridgehead atoms. The number of para-hydroxylation sites is 1. The maximum atomic E-state index is 11.1. The third kappa shape index (κ3) is 2.06. The van der Waals surface area contributed by atoms with Crippen molar-refractivity contribution in [3.63, 3.8) is 0 Å². The quantitative estimate of drug-likeness (QED) is 0.410. The lowest BCUT2D eigenvalue weighted by molar-refractivity contribution is -0.384. The van der Waals surface area contributed by atoms with Gasteiger partial charge in [-0.1, -0.05) is 35.9 Å². The summed E-state index contributed by atoms with van der Waals surface area (Å²) in [5.41, 5.74) is 0.895. The van der Waals surface area contributed by atoms with Gasteiger partial charge in [-0.15, -0.1) is 0 Å². The molecule has 0 saturated carbocycles. The molecule has 0 unspecified atom stereocenters. The minimum Gasteiger partial charge on any atom is -0.258 e. The van der Waals surface area contributed by atoms with Gasteiger partial charge in [0.1, 0.15) is 6.33 Å². The second-order valence-corrected chi connectivity index (χ2v) is 4.37. The molecule has 20 heavy (non-hydrogen) atoms. The molecule has 0 amide bonds. The summed E-state index contributed by atoms with van der Waals surface area (Å²) in [6.07, 6.45) is 1.18. The van der Waals surface area contributed by atoms with Gasteiger partial charge >= 0.3 is 5.69 Å². The molecule has 0 aliphatic carbocycles. The molecule has 2 aromatic heterocycles. The van der Waals surface area contributed by atoms with Crippen LogP contribution in [0.4, 0.5) is 5.69 Å². The number of fused-ring (bicyclic) bond motifs is 1. The van der Waals surface area contributed by atoms with Crippen LogP contribution in [0.2, 0.25) is 5.15 Å². The SMILES string of the molecule is O=[N+]([O-])c1c(Cl)ncnc1-c1ccc2ccccc2n1.